The summed E-state index contributed by atoms with van der Waals surface area (Å²) in [5.41, 5.74) is -0.417. The average molecular weight is 260 g/mol. The highest BCUT2D eigenvalue weighted by Gasteiger charge is 2.29. The molecule has 1 aromatic carbocycles. The minimum absolute atomic E-state index is 0.309. The SMILES string of the molecule is CC(C)CNC(=O)Nc1ccc(C(F)(F)F)cc1. The molecule has 0 aliphatic heterocycles. The first-order valence-electron chi connectivity index (χ1n) is 5.51. The van der Waals surface area contributed by atoms with Gasteiger partial charge in [0.15, 0.2) is 0 Å². The van der Waals surface area contributed by atoms with Gasteiger partial charge in [0.2, 0.25) is 0 Å². The van der Waals surface area contributed by atoms with Gasteiger partial charge < -0.3 is 10.6 Å². The highest BCUT2D eigenvalue weighted by molar-refractivity contribution is 5.89. The predicted molar refractivity (Wildman–Crippen MR) is 63.3 cm³/mol. The number of anilines is 1. The van der Waals surface area contributed by atoms with E-state index in [1.165, 1.54) is 12.1 Å². The molecule has 0 atom stereocenters. The van der Waals surface area contributed by atoms with Gasteiger partial charge >= 0.3 is 12.2 Å². The lowest BCUT2D eigenvalue weighted by Gasteiger charge is -2.10. The molecule has 0 aliphatic carbocycles. The fourth-order valence-corrected chi connectivity index (χ4v) is 1.21. The van der Waals surface area contributed by atoms with E-state index in [9.17, 15) is 18.0 Å². The molecule has 18 heavy (non-hydrogen) atoms. The molecule has 0 saturated heterocycles. The monoisotopic (exact) mass is 260 g/mol. The number of nitrogens with one attached hydrogen (secondary N) is 2. The Hall–Kier alpha value is -1.72. The topological polar surface area (TPSA) is 41.1 Å². The van der Waals surface area contributed by atoms with Gasteiger partial charge in [-0.1, -0.05) is 13.8 Å². The molecular formula is C12H15F3N2O. The van der Waals surface area contributed by atoms with Crippen LogP contribution in [0.1, 0.15) is 19.4 Å². The third kappa shape index (κ3) is 4.65. The van der Waals surface area contributed by atoms with Gasteiger partial charge in [0.25, 0.3) is 0 Å². The van der Waals surface area contributed by atoms with Crippen molar-refractivity contribution >= 4 is 11.7 Å². The van der Waals surface area contributed by atoms with Crippen LogP contribution in [0.25, 0.3) is 0 Å². The summed E-state index contributed by atoms with van der Waals surface area (Å²) in [6, 6.07) is 3.87. The van der Waals surface area contributed by atoms with Gasteiger partial charge in [0, 0.05) is 12.2 Å². The molecule has 0 bridgehead atoms. The Morgan fingerprint density at radius 2 is 1.78 bits per heavy atom. The maximum Gasteiger partial charge on any atom is 0.416 e. The van der Waals surface area contributed by atoms with E-state index in [1.807, 2.05) is 13.8 Å². The zero-order valence-corrected chi connectivity index (χ0v) is 10.1. The molecule has 2 amide bonds. The second-order valence-corrected chi connectivity index (χ2v) is 4.30. The summed E-state index contributed by atoms with van der Waals surface area (Å²) in [6.45, 7) is 4.39. The highest BCUT2D eigenvalue weighted by atomic mass is 19.4. The van der Waals surface area contributed by atoms with E-state index in [4.69, 9.17) is 0 Å². The number of alkyl halides is 3. The summed E-state index contributed by atoms with van der Waals surface area (Å²) in [6.07, 6.45) is -4.36. The number of halogens is 3. The third-order valence-electron chi connectivity index (χ3n) is 2.14. The summed E-state index contributed by atoms with van der Waals surface area (Å²) < 4.78 is 36.9. The lowest BCUT2D eigenvalue weighted by molar-refractivity contribution is -0.137. The first-order valence-corrected chi connectivity index (χ1v) is 5.51. The molecule has 0 spiro atoms. The van der Waals surface area contributed by atoms with E-state index in [0.29, 0.717) is 18.2 Å². The van der Waals surface area contributed by atoms with Crippen molar-refractivity contribution in [3.8, 4) is 0 Å². The average Bonchev–Trinajstić information content (AvgIpc) is 2.26. The lowest BCUT2D eigenvalue weighted by atomic mass is 10.2. The van der Waals surface area contributed by atoms with Crippen LogP contribution in [0.3, 0.4) is 0 Å². The summed E-state index contributed by atoms with van der Waals surface area (Å²) >= 11 is 0. The molecule has 0 aromatic heterocycles. The van der Waals surface area contributed by atoms with E-state index in [-0.39, 0.29) is 0 Å². The number of rotatable bonds is 3. The summed E-state index contributed by atoms with van der Waals surface area (Å²) in [5.74, 6) is 0.309. The smallest absolute Gasteiger partial charge is 0.338 e. The fraction of sp³-hybridized carbons (Fsp3) is 0.417. The van der Waals surface area contributed by atoms with Crippen molar-refractivity contribution in [3.05, 3.63) is 29.8 Å². The molecule has 0 heterocycles. The quantitative estimate of drug-likeness (QED) is 0.858. The summed E-state index contributed by atoms with van der Waals surface area (Å²) in [4.78, 5) is 11.4. The zero-order valence-electron chi connectivity index (χ0n) is 10.1. The van der Waals surface area contributed by atoms with Crippen molar-refractivity contribution in [2.45, 2.75) is 20.0 Å². The molecule has 100 valence electrons. The van der Waals surface area contributed by atoms with Crippen LogP contribution in [0.2, 0.25) is 0 Å². The Kier molecular flexibility index (Phi) is 4.58. The molecule has 0 fully saturated rings. The minimum Gasteiger partial charge on any atom is -0.338 e. The van der Waals surface area contributed by atoms with Crippen molar-refractivity contribution in [1.82, 2.24) is 5.32 Å². The van der Waals surface area contributed by atoms with Crippen LogP contribution in [0.15, 0.2) is 24.3 Å². The van der Waals surface area contributed by atoms with Crippen LogP contribution in [-0.4, -0.2) is 12.6 Å². The van der Waals surface area contributed by atoms with E-state index in [2.05, 4.69) is 10.6 Å². The van der Waals surface area contributed by atoms with Crippen molar-refractivity contribution in [3.63, 3.8) is 0 Å². The standard InChI is InChI=1S/C12H15F3N2O/c1-8(2)7-16-11(18)17-10-5-3-9(4-6-10)12(13,14)15/h3-6,8H,7H2,1-2H3,(H2,16,17,18). The zero-order chi connectivity index (χ0) is 13.8. The predicted octanol–water partition coefficient (Wildman–Crippen LogP) is 3.48. The van der Waals surface area contributed by atoms with Gasteiger partial charge in [-0.25, -0.2) is 4.79 Å². The fourth-order valence-electron chi connectivity index (χ4n) is 1.21. The van der Waals surface area contributed by atoms with Crippen LogP contribution in [0, 0.1) is 5.92 Å². The number of benzene rings is 1. The van der Waals surface area contributed by atoms with Crippen molar-refractivity contribution in [2.24, 2.45) is 5.92 Å². The molecule has 2 N–H and O–H groups in total. The maximum atomic E-state index is 12.3. The second-order valence-electron chi connectivity index (χ2n) is 4.30. The van der Waals surface area contributed by atoms with Crippen LogP contribution < -0.4 is 10.6 Å². The Morgan fingerprint density at radius 3 is 2.22 bits per heavy atom. The first kappa shape index (κ1) is 14.3. The van der Waals surface area contributed by atoms with E-state index >= 15 is 0 Å². The first-order chi connectivity index (χ1) is 8.29. The van der Waals surface area contributed by atoms with Crippen molar-refractivity contribution in [1.29, 1.82) is 0 Å². The Bertz CT molecular complexity index is 399. The van der Waals surface area contributed by atoms with E-state index < -0.39 is 17.8 Å². The van der Waals surface area contributed by atoms with E-state index in [0.717, 1.165) is 12.1 Å². The van der Waals surface area contributed by atoms with Crippen LogP contribution in [0.5, 0.6) is 0 Å². The van der Waals surface area contributed by atoms with Gasteiger partial charge in [-0.3, -0.25) is 0 Å². The van der Waals surface area contributed by atoms with Gasteiger partial charge in [0.1, 0.15) is 0 Å². The van der Waals surface area contributed by atoms with Gasteiger partial charge in [0.05, 0.1) is 5.56 Å². The Morgan fingerprint density at radius 1 is 1.22 bits per heavy atom. The maximum absolute atomic E-state index is 12.3. The molecule has 1 rings (SSSR count). The number of carbonyl (C=O) groups is 1. The van der Waals surface area contributed by atoms with Crippen molar-refractivity contribution in [2.75, 3.05) is 11.9 Å². The largest absolute Gasteiger partial charge is 0.416 e. The Balaban J connectivity index is 2.56. The molecule has 1 aromatic rings. The second kappa shape index (κ2) is 5.75. The summed E-state index contributed by atoms with van der Waals surface area (Å²) in [5, 5.41) is 5.06. The lowest BCUT2D eigenvalue weighted by Crippen LogP contribution is -2.31. The molecule has 3 nitrogen and oxygen atoms in total. The highest BCUT2D eigenvalue weighted by Crippen LogP contribution is 2.29. The van der Waals surface area contributed by atoms with Crippen molar-refractivity contribution < 1.29 is 18.0 Å². The van der Waals surface area contributed by atoms with Crippen LogP contribution in [-0.2, 0) is 6.18 Å². The molecule has 0 radical (unpaired) electrons. The number of amides is 2. The van der Waals surface area contributed by atoms with Crippen LogP contribution >= 0.6 is 0 Å². The third-order valence-corrected chi connectivity index (χ3v) is 2.14. The number of hydrogen-bond acceptors (Lipinski definition) is 1. The Labute approximate surface area is 103 Å². The molecule has 0 aliphatic rings. The van der Waals surface area contributed by atoms with E-state index in [1.54, 1.807) is 0 Å². The molecular weight excluding hydrogens is 245 g/mol. The van der Waals surface area contributed by atoms with Gasteiger partial charge in [-0.2, -0.15) is 13.2 Å². The molecule has 6 heteroatoms. The van der Waals surface area contributed by atoms with Gasteiger partial charge in [-0.05, 0) is 30.2 Å². The molecule has 0 saturated carbocycles. The minimum atomic E-state index is -4.36. The van der Waals surface area contributed by atoms with Crippen LogP contribution in [0.4, 0.5) is 23.7 Å². The number of urea groups is 1. The molecule has 0 unspecified atom stereocenters. The summed E-state index contributed by atoms with van der Waals surface area (Å²) in [7, 11) is 0. The van der Waals surface area contributed by atoms with Gasteiger partial charge in [-0.15, -0.1) is 0 Å². The number of hydrogen-bond donors (Lipinski definition) is 2. The normalized spacial score (nSPS) is 11.4. The number of carbonyl (C=O) groups excluding carboxylic acids is 1.